The first-order valence-electron chi connectivity index (χ1n) is 3.08. The quantitative estimate of drug-likeness (QED) is 0.516. The Morgan fingerprint density at radius 2 is 2.10 bits per heavy atom. The zero-order valence-electron chi connectivity index (χ0n) is 5.59. The molecular weight excluding hydrogens is 122 g/mol. The van der Waals surface area contributed by atoms with E-state index >= 15 is 0 Å². The highest BCUT2D eigenvalue weighted by Crippen LogP contribution is 1.93. The Morgan fingerprint density at radius 1 is 1.40 bits per heavy atom. The van der Waals surface area contributed by atoms with Crippen molar-refractivity contribution in [2.75, 3.05) is 6.54 Å². The van der Waals surface area contributed by atoms with E-state index in [0.717, 1.165) is 5.56 Å². The predicted molar refractivity (Wildman–Crippen MR) is 41.2 cm³/mol. The Hall–Kier alpha value is -1.26. The molecule has 1 radical (unpaired) electrons. The van der Waals surface area contributed by atoms with Gasteiger partial charge in [-0.05, 0) is 18.2 Å². The molecule has 10 heavy (non-hydrogen) atoms. The summed E-state index contributed by atoms with van der Waals surface area (Å²) in [4.78, 5) is 0. The number of nitrogens with two attached hydrogens (primary N) is 1. The third kappa shape index (κ3) is 1.93. The molecule has 0 bridgehead atoms. The normalized spacial score (nSPS) is 8.10. The molecule has 0 heterocycles. The Bertz CT molecular complexity index is 240. The summed E-state index contributed by atoms with van der Waals surface area (Å²) in [6.45, 7) is 0.415. The van der Waals surface area contributed by atoms with Gasteiger partial charge in [-0.25, -0.2) is 0 Å². The summed E-state index contributed by atoms with van der Waals surface area (Å²) in [6.07, 6.45) is 0. The summed E-state index contributed by atoms with van der Waals surface area (Å²) in [5, 5.41) is 0. The fourth-order valence-electron chi connectivity index (χ4n) is 0.623. The van der Waals surface area contributed by atoms with Crippen LogP contribution in [0.15, 0.2) is 24.3 Å². The van der Waals surface area contributed by atoms with Crippen molar-refractivity contribution in [2.45, 2.75) is 0 Å². The molecular formula is C9H8N. The van der Waals surface area contributed by atoms with Crippen LogP contribution in [0.1, 0.15) is 5.56 Å². The summed E-state index contributed by atoms with van der Waals surface area (Å²) in [7, 11) is 0. The van der Waals surface area contributed by atoms with Gasteiger partial charge in [0, 0.05) is 5.56 Å². The highest BCUT2D eigenvalue weighted by Gasteiger charge is 1.78. The van der Waals surface area contributed by atoms with Crippen LogP contribution in [0.25, 0.3) is 0 Å². The van der Waals surface area contributed by atoms with Gasteiger partial charge in [-0.3, -0.25) is 0 Å². The van der Waals surface area contributed by atoms with Crippen molar-refractivity contribution in [3.63, 3.8) is 0 Å². The van der Waals surface area contributed by atoms with Crippen LogP contribution >= 0.6 is 0 Å². The van der Waals surface area contributed by atoms with Gasteiger partial charge in [0.15, 0.2) is 0 Å². The Balaban J connectivity index is 2.76. The Labute approximate surface area is 60.9 Å². The molecule has 1 nitrogen and oxygen atoms in total. The van der Waals surface area contributed by atoms with Gasteiger partial charge in [-0.1, -0.05) is 24.0 Å². The summed E-state index contributed by atoms with van der Waals surface area (Å²) in [6, 6.07) is 10.4. The molecule has 0 unspecified atom stereocenters. The maximum atomic E-state index is 5.19. The topological polar surface area (TPSA) is 26.0 Å². The number of hydrogen-bond donors (Lipinski definition) is 1. The third-order valence-corrected chi connectivity index (χ3v) is 1.05. The van der Waals surface area contributed by atoms with Crippen LogP contribution in [-0.4, -0.2) is 6.54 Å². The average Bonchev–Trinajstić information content (AvgIpc) is 2.03. The molecule has 0 spiro atoms. The van der Waals surface area contributed by atoms with Crippen LogP contribution in [0.4, 0.5) is 0 Å². The number of hydrogen-bond acceptors (Lipinski definition) is 1. The maximum Gasteiger partial charge on any atom is 0.0555 e. The van der Waals surface area contributed by atoms with Gasteiger partial charge in [0.1, 0.15) is 0 Å². The maximum absolute atomic E-state index is 5.19. The zero-order valence-corrected chi connectivity index (χ0v) is 5.59. The van der Waals surface area contributed by atoms with Gasteiger partial charge in [0.05, 0.1) is 6.54 Å². The van der Waals surface area contributed by atoms with E-state index < -0.39 is 0 Å². The first-order chi connectivity index (χ1) is 4.93. The standard InChI is InChI=1S/C9H8N/c10-8-4-7-9-5-2-1-3-6-9/h2-3,5-6H,8,10H2. The number of benzene rings is 1. The first kappa shape index (κ1) is 6.85. The van der Waals surface area contributed by atoms with E-state index in [4.69, 9.17) is 5.73 Å². The second kappa shape index (κ2) is 3.71. The van der Waals surface area contributed by atoms with Crippen LogP contribution in [0.3, 0.4) is 0 Å². The summed E-state index contributed by atoms with van der Waals surface area (Å²) < 4.78 is 0. The number of rotatable bonds is 0. The van der Waals surface area contributed by atoms with E-state index in [1.807, 2.05) is 24.3 Å². The second-order valence-corrected chi connectivity index (χ2v) is 1.79. The molecule has 2 N–H and O–H groups in total. The van der Waals surface area contributed by atoms with E-state index in [9.17, 15) is 0 Å². The Kier molecular flexibility index (Phi) is 2.54. The zero-order chi connectivity index (χ0) is 7.23. The fourth-order valence-corrected chi connectivity index (χ4v) is 0.623. The molecule has 1 aromatic carbocycles. The van der Waals surface area contributed by atoms with Crippen molar-refractivity contribution in [3.05, 3.63) is 35.9 Å². The van der Waals surface area contributed by atoms with E-state index in [0.29, 0.717) is 6.54 Å². The monoisotopic (exact) mass is 130 g/mol. The van der Waals surface area contributed by atoms with Crippen molar-refractivity contribution < 1.29 is 0 Å². The van der Waals surface area contributed by atoms with E-state index in [1.54, 1.807) is 0 Å². The molecule has 0 aromatic heterocycles. The fraction of sp³-hybridized carbons (Fsp3) is 0.111. The van der Waals surface area contributed by atoms with Gasteiger partial charge < -0.3 is 5.73 Å². The van der Waals surface area contributed by atoms with Crippen molar-refractivity contribution >= 4 is 0 Å². The minimum atomic E-state index is 0.415. The SMILES string of the molecule is NCC#Cc1cc[c]cc1. The minimum absolute atomic E-state index is 0.415. The molecule has 0 saturated heterocycles. The van der Waals surface area contributed by atoms with E-state index in [2.05, 4.69) is 17.9 Å². The molecule has 0 atom stereocenters. The molecule has 1 heteroatoms. The van der Waals surface area contributed by atoms with Crippen molar-refractivity contribution in [1.82, 2.24) is 0 Å². The van der Waals surface area contributed by atoms with E-state index in [1.165, 1.54) is 0 Å². The van der Waals surface area contributed by atoms with Crippen LogP contribution < -0.4 is 5.73 Å². The van der Waals surface area contributed by atoms with Gasteiger partial charge in [-0.2, -0.15) is 0 Å². The molecule has 0 fully saturated rings. The van der Waals surface area contributed by atoms with Crippen LogP contribution in [0.5, 0.6) is 0 Å². The first-order valence-corrected chi connectivity index (χ1v) is 3.08. The largest absolute Gasteiger partial charge is 0.320 e. The van der Waals surface area contributed by atoms with Gasteiger partial charge in [0.25, 0.3) is 0 Å². The summed E-state index contributed by atoms with van der Waals surface area (Å²) >= 11 is 0. The van der Waals surface area contributed by atoms with Crippen LogP contribution in [0.2, 0.25) is 0 Å². The average molecular weight is 130 g/mol. The molecule has 0 amide bonds. The second-order valence-electron chi connectivity index (χ2n) is 1.79. The molecule has 0 saturated carbocycles. The molecule has 0 aliphatic carbocycles. The van der Waals surface area contributed by atoms with Gasteiger partial charge in [0.2, 0.25) is 0 Å². The molecule has 0 aliphatic heterocycles. The molecule has 49 valence electrons. The highest BCUT2D eigenvalue weighted by molar-refractivity contribution is 5.33. The molecule has 1 aromatic rings. The van der Waals surface area contributed by atoms with Crippen molar-refractivity contribution in [2.24, 2.45) is 5.73 Å². The van der Waals surface area contributed by atoms with Crippen LogP contribution in [-0.2, 0) is 0 Å². The van der Waals surface area contributed by atoms with Gasteiger partial charge in [-0.15, -0.1) is 0 Å². The molecule has 0 aliphatic rings. The smallest absolute Gasteiger partial charge is 0.0555 e. The predicted octanol–water partition coefficient (Wildman–Crippen LogP) is 0.797. The van der Waals surface area contributed by atoms with Crippen LogP contribution in [0, 0.1) is 17.9 Å². The summed E-state index contributed by atoms with van der Waals surface area (Å²) in [5.41, 5.74) is 6.18. The summed E-state index contributed by atoms with van der Waals surface area (Å²) in [5.74, 6) is 5.68. The lowest BCUT2D eigenvalue weighted by Gasteiger charge is -1.83. The third-order valence-electron chi connectivity index (χ3n) is 1.05. The lowest BCUT2D eigenvalue weighted by Crippen LogP contribution is -1.92. The van der Waals surface area contributed by atoms with Gasteiger partial charge >= 0.3 is 0 Å². The molecule has 1 rings (SSSR count). The lowest BCUT2D eigenvalue weighted by molar-refractivity contribution is 1.30. The minimum Gasteiger partial charge on any atom is -0.320 e. The Morgan fingerprint density at radius 3 is 2.70 bits per heavy atom. The van der Waals surface area contributed by atoms with Crippen molar-refractivity contribution in [1.29, 1.82) is 0 Å². The highest BCUT2D eigenvalue weighted by atomic mass is 14.5. The van der Waals surface area contributed by atoms with E-state index in [-0.39, 0.29) is 0 Å². The van der Waals surface area contributed by atoms with Crippen molar-refractivity contribution in [3.8, 4) is 11.8 Å². The lowest BCUT2D eigenvalue weighted by atomic mass is 10.2.